The molecule has 0 spiro atoms. The first-order valence-electron chi connectivity index (χ1n) is 10.2. The minimum atomic E-state index is -3.04. The lowest BCUT2D eigenvalue weighted by Gasteiger charge is -2.27. The van der Waals surface area contributed by atoms with Crippen LogP contribution in [0.5, 0.6) is 0 Å². The molecule has 1 aliphatic rings. The van der Waals surface area contributed by atoms with Crippen LogP contribution in [0.15, 0.2) is 48.8 Å². The second kappa shape index (κ2) is 11.8. The maximum Gasteiger partial charge on any atom is 0.277 e. The van der Waals surface area contributed by atoms with Gasteiger partial charge in [-0.1, -0.05) is 6.07 Å². The van der Waals surface area contributed by atoms with Gasteiger partial charge < -0.3 is 15.5 Å². The first-order valence-corrected chi connectivity index (χ1v) is 10.2. The minimum Gasteiger partial charge on any atom is -0.362 e. The van der Waals surface area contributed by atoms with E-state index in [0.29, 0.717) is 6.07 Å². The Hall–Kier alpha value is -3.02. The summed E-state index contributed by atoms with van der Waals surface area (Å²) in [5.74, 6) is -9.27. The van der Waals surface area contributed by atoms with Crippen LogP contribution in [0.3, 0.4) is 0 Å². The monoisotopic (exact) mass is 552 g/mol. The van der Waals surface area contributed by atoms with E-state index < -0.39 is 64.9 Å². The number of alkyl halides is 2. The van der Waals surface area contributed by atoms with Gasteiger partial charge in [0.2, 0.25) is 0 Å². The summed E-state index contributed by atoms with van der Waals surface area (Å²) >= 11 is 0. The highest BCUT2D eigenvalue weighted by molar-refractivity contribution is 6.06. The summed E-state index contributed by atoms with van der Waals surface area (Å²) in [4.78, 5) is 18.1. The van der Waals surface area contributed by atoms with Crippen LogP contribution >= 0.6 is 24.8 Å². The number of aromatic nitrogens is 1. The molecule has 13 heteroatoms. The fraction of sp³-hybridized carbons (Fsp3) is 0.217. The van der Waals surface area contributed by atoms with E-state index in [1.54, 1.807) is 0 Å². The molecule has 36 heavy (non-hydrogen) atoms. The van der Waals surface area contributed by atoms with Crippen LogP contribution in [0.2, 0.25) is 0 Å². The van der Waals surface area contributed by atoms with Crippen LogP contribution in [-0.4, -0.2) is 43.0 Å². The number of anilines is 2. The van der Waals surface area contributed by atoms with E-state index in [1.165, 1.54) is 23.4 Å². The number of amides is 1. The average molecular weight is 553 g/mol. The van der Waals surface area contributed by atoms with Crippen LogP contribution in [0, 0.1) is 23.3 Å². The fourth-order valence-electron chi connectivity index (χ4n) is 3.75. The Morgan fingerprint density at radius 2 is 1.64 bits per heavy atom. The summed E-state index contributed by atoms with van der Waals surface area (Å²) in [7, 11) is 0. The van der Waals surface area contributed by atoms with Gasteiger partial charge >= 0.3 is 0 Å². The summed E-state index contributed by atoms with van der Waals surface area (Å²) in [6, 6.07) is 5.65. The van der Waals surface area contributed by atoms with Crippen molar-refractivity contribution >= 4 is 42.1 Å². The number of carbonyl (C=O) groups excluding carboxylic acids is 1. The van der Waals surface area contributed by atoms with E-state index in [0.717, 1.165) is 24.3 Å². The Kier molecular flexibility index (Phi) is 9.58. The van der Waals surface area contributed by atoms with Crippen LogP contribution < -0.4 is 15.5 Å². The second-order valence-electron chi connectivity index (χ2n) is 7.68. The third-order valence-corrected chi connectivity index (χ3v) is 5.30. The Labute approximate surface area is 214 Å². The highest BCUT2D eigenvalue weighted by Crippen LogP contribution is 2.33. The van der Waals surface area contributed by atoms with Gasteiger partial charge in [0.25, 0.3) is 11.8 Å². The maximum atomic E-state index is 15.2. The number of nitrogens with zero attached hydrogens (tertiary/aromatic N) is 2. The Bertz CT molecular complexity index is 1230. The lowest BCUT2D eigenvalue weighted by Crippen LogP contribution is -2.38. The van der Waals surface area contributed by atoms with E-state index in [9.17, 15) is 26.7 Å². The van der Waals surface area contributed by atoms with Gasteiger partial charge in [-0.25, -0.2) is 26.3 Å². The molecule has 0 saturated carbocycles. The van der Waals surface area contributed by atoms with Gasteiger partial charge in [0.15, 0.2) is 0 Å². The van der Waals surface area contributed by atoms with Crippen molar-refractivity contribution in [2.24, 2.45) is 0 Å². The molecule has 1 saturated heterocycles. The quantitative estimate of drug-likeness (QED) is 0.423. The molecule has 5 nitrogen and oxygen atoms in total. The third kappa shape index (κ3) is 6.03. The lowest BCUT2D eigenvalue weighted by atomic mass is 9.99. The summed E-state index contributed by atoms with van der Waals surface area (Å²) in [6.45, 7) is -0.680. The first-order chi connectivity index (χ1) is 16.2. The molecule has 1 fully saturated rings. The molecule has 0 atom stereocenters. The van der Waals surface area contributed by atoms with Crippen molar-refractivity contribution in [2.45, 2.75) is 5.92 Å². The molecule has 2 aromatic carbocycles. The van der Waals surface area contributed by atoms with Crippen molar-refractivity contribution in [3.8, 4) is 11.1 Å². The summed E-state index contributed by atoms with van der Waals surface area (Å²) in [5, 5.41) is 5.01. The number of benzene rings is 2. The molecule has 2 N–H and O–H groups in total. The van der Waals surface area contributed by atoms with Gasteiger partial charge in [-0.05, 0) is 30.3 Å². The molecule has 1 aromatic heterocycles. The number of pyridine rings is 1. The summed E-state index contributed by atoms with van der Waals surface area (Å²) in [6.07, 6.45) is 2.54. The third-order valence-electron chi connectivity index (χ3n) is 5.30. The van der Waals surface area contributed by atoms with Gasteiger partial charge in [-0.15, -0.1) is 24.8 Å². The van der Waals surface area contributed by atoms with Crippen LogP contribution in [0.4, 0.5) is 37.7 Å². The molecule has 0 aliphatic carbocycles. The molecule has 2 heterocycles. The van der Waals surface area contributed by atoms with Crippen molar-refractivity contribution in [2.75, 3.05) is 36.4 Å². The normalized spacial score (nSPS) is 14.8. The molecular weight excluding hydrogens is 533 g/mol. The van der Waals surface area contributed by atoms with Crippen molar-refractivity contribution < 1.29 is 31.1 Å². The number of halogens is 8. The number of rotatable bonds is 4. The lowest BCUT2D eigenvalue weighted by molar-refractivity contribution is 0.0157. The second-order valence-corrected chi connectivity index (χ2v) is 7.68. The molecule has 1 aliphatic heterocycles. The zero-order valence-corrected chi connectivity index (χ0v) is 20.0. The molecule has 0 bridgehead atoms. The molecule has 3 aromatic rings. The van der Waals surface area contributed by atoms with Crippen molar-refractivity contribution in [3.63, 3.8) is 0 Å². The topological polar surface area (TPSA) is 57.3 Å². The summed E-state index contributed by atoms with van der Waals surface area (Å²) < 4.78 is 86.0. The van der Waals surface area contributed by atoms with Crippen LogP contribution in [0.1, 0.15) is 10.4 Å². The van der Waals surface area contributed by atoms with Gasteiger partial charge in [0.05, 0.1) is 47.4 Å². The van der Waals surface area contributed by atoms with Gasteiger partial charge in [0.1, 0.15) is 23.3 Å². The van der Waals surface area contributed by atoms with E-state index in [2.05, 4.69) is 15.6 Å². The molecule has 1 amide bonds. The predicted octanol–water partition coefficient (Wildman–Crippen LogP) is 5.45. The molecule has 194 valence electrons. The van der Waals surface area contributed by atoms with Gasteiger partial charge in [-0.3, -0.25) is 9.78 Å². The van der Waals surface area contributed by atoms with Crippen LogP contribution in [-0.2, 0) is 0 Å². The fourth-order valence-corrected chi connectivity index (χ4v) is 3.75. The molecule has 0 unspecified atom stereocenters. The molecular formula is C23H20Cl2F6N4O. The molecule has 4 rings (SSSR count). The van der Waals surface area contributed by atoms with Crippen molar-refractivity contribution in [3.05, 3.63) is 77.6 Å². The van der Waals surface area contributed by atoms with Gasteiger partial charge in [-0.2, -0.15) is 0 Å². The summed E-state index contributed by atoms with van der Waals surface area (Å²) in [5.41, 5.74) is -2.46. The van der Waals surface area contributed by atoms with E-state index >= 15 is 4.39 Å². The SMILES string of the molecule is Cl.Cl.O=C(Nc1cnccc1N1CCNCC(F)(F)C1)c1ccc(F)c(-c2c(F)cccc2F)c1F. The van der Waals surface area contributed by atoms with Crippen molar-refractivity contribution in [1.29, 1.82) is 0 Å². The number of nitrogens with one attached hydrogen (secondary N) is 2. The standard InChI is InChI=1S/C23H18F6N4O.2ClH/c24-14-2-1-3-15(25)19(14)20-16(26)5-4-13(21(20)27)22(34)32-17-10-30-7-6-18(17)33-9-8-31-11-23(28,29)12-33;;/h1-7,10,31H,8-9,11-12H2,(H,32,34);2*1H. The van der Waals surface area contributed by atoms with Crippen molar-refractivity contribution in [1.82, 2.24) is 10.3 Å². The van der Waals surface area contributed by atoms with Gasteiger partial charge in [0, 0.05) is 19.3 Å². The van der Waals surface area contributed by atoms with E-state index in [1.807, 2.05) is 0 Å². The highest BCUT2D eigenvalue weighted by Gasteiger charge is 2.34. The first kappa shape index (κ1) is 29.2. The smallest absolute Gasteiger partial charge is 0.277 e. The maximum absolute atomic E-state index is 15.2. The van der Waals surface area contributed by atoms with Crippen LogP contribution in [0.25, 0.3) is 11.1 Å². The largest absolute Gasteiger partial charge is 0.362 e. The average Bonchev–Trinajstić information content (AvgIpc) is 2.96. The number of hydrogen-bond acceptors (Lipinski definition) is 4. The van der Waals surface area contributed by atoms with E-state index in [4.69, 9.17) is 0 Å². The number of hydrogen-bond donors (Lipinski definition) is 2. The Morgan fingerprint density at radius 3 is 2.33 bits per heavy atom. The highest BCUT2D eigenvalue weighted by atomic mass is 35.5. The number of carbonyl (C=O) groups is 1. The Balaban J connectivity index is 0.00000228. The zero-order valence-electron chi connectivity index (χ0n) is 18.3. The Morgan fingerprint density at radius 1 is 0.972 bits per heavy atom. The zero-order chi connectivity index (χ0) is 24.5. The van der Waals surface area contributed by atoms with E-state index in [-0.39, 0.29) is 49.3 Å². The minimum absolute atomic E-state index is 0. The predicted molar refractivity (Wildman–Crippen MR) is 128 cm³/mol. The molecule has 0 radical (unpaired) electrons.